The predicted molar refractivity (Wildman–Crippen MR) is 119 cm³/mol. The molecule has 1 aromatic heterocycles. The number of carbonyl (C=O) groups is 1. The average molecular weight is 417 g/mol. The molecule has 5 nitrogen and oxygen atoms in total. The van der Waals surface area contributed by atoms with Crippen molar-refractivity contribution in [3.63, 3.8) is 0 Å². The molecule has 6 heteroatoms. The van der Waals surface area contributed by atoms with E-state index in [0.29, 0.717) is 25.3 Å². The number of para-hydroxylation sites is 3. The number of amides is 1. The third kappa shape index (κ3) is 5.28. The predicted octanol–water partition coefficient (Wildman–Crippen LogP) is 4.62. The Hall–Kier alpha value is -3.67. The van der Waals surface area contributed by atoms with Crippen LogP contribution in [0.15, 0.2) is 78.9 Å². The van der Waals surface area contributed by atoms with E-state index in [1.54, 1.807) is 0 Å². The molecule has 31 heavy (non-hydrogen) atoms. The van der Waals surface area contributed by atoms with Crippen LogP contribution in [0.4, 0.5) is 4.39 Å². The molecule has 4 rings (SSSR count). The van der Waals surface area contributed by atoms with E-state index in [-0.39, 0.29) is 11.7 Å². The van der Waals surface area contributed by atoms with E-state index in [9.17, 15) is 9.18 Å². The van der Waals surface area contributed by atoms with Gasteiger partial charge in [0.05, 0.1) is 17.6 Å². The number of fused-ring (bicyclic) bond motifs is 1. The molecular weight excluding hydrogens is 393 g/mol. The van der Waals surface area contributed by atoms with Gasteiger partial charge < -0.3 is 14.6 Å². The minimum atomic E-state index is -0.355. The summed E-state index contributed by atoms with van der Waals surface area (Å²) in [5, 5.41) is 2.88. The monoisotopic (exact) mass is 417 g/mol. The number of nitrogens with one attached hydrogen (secondary N) is 1. The minimum absolute atomic E-state index is 0.204. The number of hydrogen-bond donors (Lipinski definition) is 1. The van der Waals surface area contributed by atoms with Gasteiger partial charge in [0.25, 0.3) is 5.91 Å². The van der Waals surface area contributed by atoms with Gasteiger partial charge in [0.15, 0.2) is 0 Å². The Bertz CT molecular complexity index is 1140. The Morgan fingerprint density at radius 1 is 0.968 bits per heavy atom. The summed E-state index contributed by atoms with van der Waals surface area (Å²) in [5.41, 5.74) is 2.48. The van der Waals surface area contributed by atoms with Crippen molar-refractivity contribution in [1.29, 1.82) is 0 Å². The zero-order valence-corrected chi connectivity index (χ0v) is 17.1. The van der Waals surface area contributed by atoms with E-state index in [4.69, 9.17) is 9.72 Å². The van der Waals surface area contributed by atoms with Gasteiger partial charge >= 0.3 is 0 Å². The molecule has 1 amide bonds. The third-order valence-electron chi connectivity index (χ3n) is 5.03. The number of rotatable bonds is 9. The number of imidazole rings is 1. The number of benzene rings is 3. The van der Waals surface area contributed by atoms with Crippen LogP contribution in [-0.2, 0) is 13.0 Å². The summed E-state index contributed by atoms with van der Waals surface area (Å²) in [5.74, 6) is 1.25. The molecule has 1 N–H and O–H groups in total. The SMILES string of the molecule is O=C(NCCCc1nc2ccccc2n1CCOc1ccccc1)c1ccc(F)cc1. The van der Waals surface area contributed by atoms with Gasteiger partial charge in [0, 0.05) is 18.5 Å². The molecular formula is C25H24FN3O2. The number of aromatic nitrogens is 2. The third-order valence-corrected chi connectivity index (χ3v) is 5.03. The fourth-order valence-electron chi connectivity index (χ4n) is 3.49. The van der Waals surface area contributed by atoms with Gasteiger partial charge in [-0.2, -0.15) is 0 Å². The first-order valence-corrected chi connectivity index (χ1v) is 10.4. The first-order valence-electron chi connectivity index (χ1n) is 10.4. The van der Waals surface area contributed by atoms with Crippen molar-refractivity contribution in [2.45, 2.75) is 19.4 Å². The Morgan fingerprint density at radius 3 is 2.52 bits per heavy atom. The molecule has 0 aliphatic heterocycles. The minimum Gasteiger partial charge on any atom is -0.492 e. The molecule has 0 fully saturated rings. The van der Waals surface area contributed by atoms with Gasteiger partial charge in [-0.25, -0.2) is 9.37 Å². The fraction of sp³-hybridized carbons (Fsp3) is 0.200. The fourth-order valence-corrected chi connectivity index (χ4v) is 3.49. The quantitative estimate of drug-likeness (QED) is 0.405. The van der Waals surface area contributed by atoms with Gasteiger partial charge in [-0.05, 0) is 55.0 Å². The molecule has 0 saturated heterocycles. The van der Waals surface area contributed by atoms with E-state index in [1.165, 1.54) is 24.3 Å². The molecule has 1 heterocycles. The van der Waals surface area contributed by atoms with Crippen molar-refractivity contribution in [2.24, 2.45) is 0 Å². The maximum absolute atomic E-state index is 13.0. The van der Waals surface area contributed by atoms with Crippen LogP contribution in [-0.4, -0.2) is 28.6 Å². The van der Waals surface area contributed by atoms with Gasteiger partial charge in [-0.1, -0.05) is 30.3 Å². The topological polar surface area (TPSA) is 56.2 Å². The molecule has 0 atom stereocenters. The molecule has 0 aliphatic carbocycles. The van der Waals surface area contributed by atoms with Crippen LogP contribution in [0.5, 0.6) is 5.75 Å². The normalized spacial score (nSPS) is 10.9. The summed E-state index contributed by atoms with van der Waals surface area (Å²) >= 11 is 0. The molecule has 0 unspecified atom stereocenters. The van der Waals surface area contributed by atoms with Crippen molar-refractivity contribution >= 4 is 16.9 Å². The van der Waals surface area contributed by atoms with Crippen LogP contribution < -0.4 is 10.1 Å². The maximum atomic E-state index is 13.0. The highest BCUT2D eigenvalue weighted by Crippen LogP contribution is 2.18. The molecule has 0 aliphatic rings. The lowest BCUT2D eigenvalue weighted by Crippen LogP contribution is -2.25. The second-order valence-corrected chi connectivity index (χ2v) is 7.20. The summed E-state index contributed by atoms with van der Waals surface area (Å²) < 4.78 is 21.1. The van der Waals surface area contributed by atoms with E-state index < -0.39 is 0 Å². The maximum Gasteiger partial charge on any atom is 0.251 e. The smallest absolute Gasteiger partial charge is 0.251 e. The lowest BCUT2D eigenvalue weighted by atomic mass is 10.2. The highest BCUT2D eigenvalue weighted by Gasteiger charge is 2.11. The van der Waals surface area contributed by atoms with Crippen molar-refractivity contribution in [1.82, 2.24) is 14.9 Å². The number of nitrogens with zero attached hydrogens (tertiary/aromatic N) is 2. The Kier molecular flexibility index (Phi) is 6.57. The Labute approximate surface area is 180 Å². The number of ether oxygens (including phenoxy) is 1. The summed E-state index contributed by atoms with van der Waals surface area (Å²) in [7, 11) is 0. The molecule has 0 radical (unpaired) electrons. The van der Waals surface area contributed by atoms with Crippen molar-refractivity contribution in [2.75, 3.05) is 13.2 Å². The van der Waals surface area contributed by atoms with E-state index in [0.717, 1.165) is 35.4 Å². The number of aryl methyl sites for hydroxylation is 1. The zero-order chi connectivity index (χ0) is 21.5. The first kappa shape index (κ1) is 20.6. The summed E-state index contributed by atoms with van der Waals surface area (Å²) in [6.07, 6.45) is 1.47. The number of hydrogen-bond acceptors (Lipinski definition) is 3. The van der Waals surface area contributed by atoms with Crippen molar-refractivity contribution < 1.29 is 13.9 Å². The van der Waals surface area contributed by atoms with Crippen LogP contribution >= 0.6 is 0 Å². The van der Waals surface area contributed by atoms with Gasteiger partial charge in [0.1, 0.15) is 24.0 Å². The Balaban J connectivity index is 1.36. The number of carbonyl (C=O) groups excluding carboxylic acids is 1. The number of halogens is 1. The zero-order valence-electron chi connectivity index (χ0n) is 17.1. The average Bonchev–Trinajstić information content (AvgIpc) is 3.15. The van der Waals surface area contributed by atoms with Crippen molar-refractivity contribution in [3.05, 3.63) is 96.1 Å². The second kappa shape index (κ2) is 9.89. The molecule has 4 aromatic rings. The summed E-state index contributed by atoms with van der Waals surface area (Å²) in [4.78, 5) is 17.0. The van der Waals surface area contributed by atoms with E-state index >= 15 is 0 Å². The standard InChI is InChI=1S/C25H24FN3O2/c26-20-14-12-19(13-15-20)25(30)27-16-6-11-24-28-22-9-4-5-10-23(22)29(24)17-18-31-21-7-2-1-3-8-21/h1-5,7-10,12-15H,6,11,16-18H2,(H,27,30). The highest BCUT2D eigenvalue weighted by molar-refractivity contribution is 5.94. The van der Waals surface area contributed by atoms with Crippen LogP contribution in [0.1, 0.15) is 22.6 Å². The molecule has 0 saturated carbocycles. The summed E-state index contributed by atoms with van der Waals surface area (Å²) in [6, 6.07) is 23.3. The van der Waals surface area contributed by atoms with Crippen LogP contribution in [0.25, 0.3) is 11.0 Å². The van der Waals surface area contributed by atoms with Crippen LogP contribution in [0.2, 0.25) is 0 Å². The first-order chi connectivity index (χ1) is 15.2. The van der Waals surface area contributed by atoms with Crippen LogP contribution in [0, 0.1) is 5.82 Å². The molecule has 0 bridgehead atoms. The molecule has 158 valence electrons. The lowest BCUT2D eigenvalue weighted by molar-refractivity contribution is 0.0953. The van der Waals surface area contributed by atoms with E-state index in [1.807, 2.05) is 48.5 Å². The largest absolute Gasteiger partial charge is 0.492 e. The van der Waals surface area contributed by atoms with Gasteiger partial charge in [-0.3, -0.25) is 4.79 Å². The van der Waals surface area contributed by atoms with Gasteiger partial charge in [-0.15, -0.1) is 0 Å². The second-order valence-electron chi connectivity index (χ2n) is 7.20. The van der Waals surface area contributed by atoms with Crippen molar-refractivity contribution in [3.8, 4) is 5.75 Å². The van der Waals surface area contributed by atoms with E-state index in [2.05, 4.69) is 16.0 Å². The van der Waals surface area contributed by atoms with Crippen LogP contribution in [0.3, 0.4) is 0 Å². The lowest BCUT2D eigenvalue weighted by Gasteiger charge is -2.11. The Morgan fingerprint density at radius 2 is 1.71 bits per heavy atom. The summed E-state index contributed by atoms with van der Waals surface area (Å²) in [6.45, 7) is 1.74. The molecule has 3 aromatic carbocycles. The van der Waals surface area contributed by atoms with Gasteiger partial charge in [0.2, 0.25) is 0 Å². The molecule has 0 spiro atoms. The highest BCUT2D eigenvalue weighted by atomic mass is 19.1.